The van der Waals surface area contributed by atoms with Crippen molar-refractivity contribution in [2.24, 2.45) is 15.2 Å². The highest BCUT2D eigenvalue weighted by atomic mass is 15.2. The van der Waals surface area contributed by atoms with E-state index in [1.54, 1.807) is 0 Å². The largest absolute Gasteiger partial charge is 0.239 e. The van der Waals surface area contributed by atoms with Crippen LogP contribution in [0.4, 0.5) is 0 Å². The number of amidine groups is 1. The lowest BCUT2D eigenvalue weighted by atomic mass is 9.87. The molecule has 1 heterocycles. The van der Waals surface area contributed by atoms with Crippen LogP contribution in [0.3, 0.4) is 0 Å². The Morgan fingerprint density at radius 3 is 2.20 bits per heavy atom. The molecule has 0 saturated heterocycles. The molecule has 1 aromatic rings. The first-order valence-electron chi connectivity index (χ1n) is 5.10. The molecule has 0 aromatic heterocycles. The van der Waals surface area contributed by atoms with Gasteiger partial charge in [0.2, 0.25) is 0 Å². The lowest BCUT2D eigenvalue weighted by Gasteiger charge is -2.18. The van der Waals surface area contributed by atoms with Gasteiger partial charge in [0, 0.05) is 5.56 Å². The van der Waals surface area contributed by atoms with Crippen LogP contribution < -0.4 is 0 Å². The summed E-state index contributed by atoms with van der Waals surface area (Å²) >= 11 is 0. The Morgan fingerprint density at radius 1 is 1.07 bits per heavy atom. The summed E-state index contributed by atoms with van der Waals surface area (Å²) in [7, 11) is 0. The number of benzene rings is 1. The van der Waals surface area contributed by atoms with Crippen LogP contribution in [0.2, 0.25) is 0 Å². The molecule has 15 heavy (non-hydrogen) atoms. The van der Waals surface area contributed by atoms with Crippen LogP contribution in [0.5, 0.6) is 0 Å². The van der Waals surface area contributed by atoms with E-state index in [1.165, 1.54) is 5.56 Å². The molecule has 0 bridgehead atoms. The van der Waals surface area contributed by atoms with Gasteiger partial charge in [0.1, 0.15) is 0 Å². The van der Waals surface area contributed by atoms with E-state index < -0.39 is 0 Å². The van der Waals surface area contributed by atoms with E-state index in [4.69, 9.17) is 0 Å². The van der Waals surface area contributed by atoms with Crippen molar-refractivity contribution in [2.45, 2.75) is 26.2 Å². The molecular formula is C12H15N3. The maximum Gasteiger partial charge on any atom is 0.178 e. The van der Waals surface area contributed by atoms with Crippen molar-refractivity contribution in [1.82, 2.24) is 0 Å². The molecule has 1 aliphatic rings. The highest BCUT2D eigenvalue weighted by molar-refractivity contribution is 5.99. The van der Waals surface area contributed by atoms with Crippen molar-refractivity contribution in [3.63, 3.8) is 0 Å². The van der Waals surface area contributed by atoms with Gasteiger partial charge in [0.25, 0.3) is 0 Å². The average molecular weight is 201 g/mol. The Morgan fingerprint density at radius 2 is 1.73 bits per heavy atom. The maximum absolute atomic E-state index is 4.18. The van der Waals surface area contributed by atoms with Crippen LogP contribution in [0.15, 0.2) is 39.5 Å². The molecule has 1 aliphatic heterocycles. The highest BCUT2D eigenvalue weighted by Gasteiger charge is 2.14. The Balaban J connectivity index is 2.28. The first kappa shape index (κ1) is 10.0. The van der Waals surface area contributed by atoms with E-state index in [-0.39, 0.29) is 5.41 Å². The van der Waals surface area contributed by atoms with Crippen molar-refractivity contribution < 1.29 is 0 Å². The van der Waals surface area contributed by atoms with Crippen molar-refractivity contribution >= 4 is 5.84 Å². The lowest BCUT2D eigenvalue weighted by molar-refractivity contribution is 0.590. The molecule has 3 heteroatoms. The summed E-state index contributed by atoms with van der Waals surface area (Å²) in [6.07, 6.45) is 0. The van der Waals surface area contributed by atoms with Gasteiger partial charge in [0.05, 0.1) is 0 Å². The van der Waals surface area contributed by atoms with E-state index in [0.717, 1.165) is 11.4 Å². The van der Waals surface area contributed by atoms with Crippen LogP contribution in [-0.2, 0) is 5.41 Å². The van der Waals surface area contributed by atoms with Crippen LogP contribution in [-0.4, -0.2) is 12.5 Å². The van der Waals surface area contributed by atoms with Crippen molar-refractivity contribution in [2.75, 3.05) is 6.67 Å². The van der Waals surface area contributed by atoms with Crippen LogP contribution >= 0.6 is 0 Å². The van der Waals surface area contributed by atoms with Gasteiger partial charge in [-0.2, -0.15) is 5.11 Å². The van der Waals surface area contributed by atoms with Crippen molar-refractivity contribution in [1.29, 1.82) is 0 Å². The second-order valence-corrected chi connectivity index (χ2v) is 4.69. The van der Waals surface area contributed by atoms with Crippen molar-refractivity contribution in [3.05, 3.63) is 35.4 Å². The number of aliphatic imine (C=N–C) groups is 1. The first-order valence-corrected chi connectivity index (χ1v) is 5.10. The zero-order chi connectivity index (χ0) is 10.9. The molecule has 78 valence electrons. The quantitative estimate of drug-likeness (QED) is 0.669. The second-order valence-electron chi connectivity index (χ2n) is 4.69. The number of hydrogen-bond donors (Lipinski definition) is 0. The van der Waals surface area contributed by atoms with Gasteiger partial charge in [-0.3, -0.25) is 0 Å². The predicted molar refractivity (Wildman–Crippen MR) is 61.4 cm³/mol. The summed E-state index contributed by atoms with van der Waals surface area (Å²) in [5.41, 5.74) is 2.56. The topological polar surface area (TPSA) is 37.1 Å². The van der Waals surface area contributed by atoms with Crippen LogP contribution in [0.25, 0.3) is 0 Å². The minimum atomic E-state index is 0.192. The zero-order valence-electron chi connectivity index (χ0n) is 9.36. The third-order valence-electron chi connectivity index (χ3n) is 2.46. The van der Waals surface area contributed by atoms with Gasteiger partial charge in [0.15, 0.2) is 12.5 Å². The van der Waals surface area contributed by atoms with Crippen LogP contribution in [0.1, 0.15) is 31.9 Å². The van der Waals surface area contributed by atoms with Gasteiger partial charge in [-0.05, 0) is 11.0 Å². The fraction of sp³-hybridized carbons (Fsp3) is 0.417. The van der Waals surface area contributed by atoms with Gasteiger partial charge < -0.3 is 0 Å². The molecule has 0 fully saturated rings. The van der Waals surface area contributed by atoms with Crippen molar-refractivity contribution in [3.8, 4) is 0 Å². The van der Waals surface area contributed by atoms with E-state index in [0.29, 0.717) is 6.67 Å². The molecule has 0 spiro atoms. The molecule has 0 amide bonds. The third kappa shape index (κ3) is 2.12. The number of rotatable bonds is 1. The normalized spacial score (nSPS) is 15.5. The van der Waals surface area contributed by atoms with Gasteiger partial charge in [-0.15, -0.1) is 5.11 Å². The SMILES string of the molecule is CC(C)(C)c1ccc(C2=NCN=N2)cc1. The van der Waals surface area contributed by atoms with E-state index in [2.05, 4.69) is 60.3 Å². The van der Waals surface area contributed by atoms with Gasteiger partial charge >= 0.3 is 0 Å². The third-order valence-corrected chi connectivity index (χ3v) is 2.46. The summed E-state index contributed by atoms with van der Waals surface area (Å²) in [5, 5.41) is 7.81. The number of hydrogen-bond acceptors (Lipinski definition) is 3. The molecule has 1 aromatic carbocycles. The molecule has 3 nitrogen and oxygen atoms in total. The lowest BCUT2D eigenvalue weighted by Crippen LogP contribution is -2.11. The Labute approximate surface area is 90.0 Å². The fourth-order valence-corrected chi connectivity index (χ4v) is 1.50. The second kappa shape index (κ2) is 3.57. The summed E-state index contributed by atoms with van der Waals surface area (Å²) in [5.74, 6) is 0.746. The molecule has 2 rings (SSSR count). The molecule has 0 saturated carbocycles. The average Bonchev–Trinajstić information content (AvgIpc) is 2.69. The molecular weight excluding hydrogens is 186 g/mol. The fourth-order valence-electron chi connectivity index (χ4n) is 1.50. The predicted octanol–water partition coefficient (Wildman–Crippen LogP) is 3.15. The standard InChI is InChI=1S/C12H15N3/c1-12(2,3)10-6-4-9(5-7-10)11-13-8-14-15-11/h4-7H,8H2,1-3H3. The van der Waals surface area contributed by atoms with Gasteiger partial charge in [-0.1, -0.05) is 45.0 Å². The van der Waals surface area contributed by atoms with Crippen LogP contribution in [0, 0.1) is 0 Å². The Hall–Kier alpha value is -1.51. The first-order chi connectivity index (χ1) is 7.07. The summed E-state index contributed by atoms with van der Waals surface area (Å²) in [6, 6.07) is 8.38. The summed E-state index contributed by atoms with van der Waals surface area (Å²) < 4.78 is 0. The molecule has 0 atom stereocenters. The smallest absolute Gasteiger partial charge is 0.178 e. The molecule has 0 radical (unpaired) electrons. The summed E-state index contributed by atoms with van der Waals surface area (Å²) in [4.78, 5) is 4.18. The monoisotopic (exact) mass is 201 g/mol. The molecule has 0 aliphatic carbocycles. The molecule has 0 unspecified atom stereocenters. The highest BCUT2D eigenvalue weighted by Crippen LogP contribution is 2.22. The summed E-state index contributed by atoms with van der Waals surface area (Å²) in [6.45, 7) is 7.08. The van der Waals surface area contributed by atoms with Gasteiger partial charge in [-0.25, -0.2) is 4.99 Å². The van der Waals surface area contributed by atoms with E-state index in [1.807, 2.05) is 0 Å². The maximum atomic E-state index is 4.18. The molecule has 0 N–H and O–H groups in total. The number of nitrogens with zero attached hydrogens (tertiary/aromatic N) is 3. The Kier molecular flexibility index (Phi) is 2.39. The zero-order valence-corrected chi connectivity index (χ0v) is 9.36. The minimum Gasteiger partial charge on any atom is -0.239 e. The number of azo groups is 1. The minimum absolute atomic E-state index is 0.192. The van der Waals surface area contributed by atoms with E-state index >= 15 is 0 Å². The Bertz CT molecular complexity index is 407. The van der Waals surface area contributed by atoms with E-state index in [9.17, 15) is 0 Å².